The first kappa shape index (κ1) is 22.2. The number of nitrogens with two attached hydrogens (primary N) is 1. The number of pyridine rings is 1. The quantitative estimate of drug-likeness (QED) is 0.751. The van der Waals surface area contributed by atoms with Gasteiger partial charge in [0.2, 0.25) is 5.91 Å². The van der Waals surface area contributed by atoms with Gasteiger partial charge in [-0.05, 0) is 25.0 Å². The van der Waals surface area contributed by atoms with Gasteiger partial charge < -0.3 is 20.3 Å². The number of piperazine rings is 1. The molecule has 0 bridgehead atoms. The molecule has 1 fully saturated rings. The van der Waals surface area contributed by atoms with Crippen LogP contribution in [0.25, 0.3) is 0 Å². The zero-order valence-electron chi connectivity index (χ0n) is 15.7. The van der Waals surface area contributed by atoms with Gasteiger partial charge in [-0.25, -0.2) is 9.78 Å². The zero-order chi connectivity index (χ0) is 18.4. The van der Waals surface area contributed by atoms with Crippen molar-refractivity contribution in [1.29, 1.82) is 0 Å². The number of hydrogen-bond donors (Lipinski definition) is 1. The maximum Gasteiger partial charge on any atom is 0.339 e. The molecule has 8 heteroatoms. The number of esters is 1. The smallest absolute Gasteiger partial charge is 0.339 e. The maximum absolute atomic E-state index is 12.4. The van der Waals surface area contributed by atoms with Crippen LogP contribution in [0.1, 0.15) is 37.6 Å². The topological polar surface area (TPSA) is 88.8 Å². The summed E-state index contributed by atoms with van der Waals surface area (Å²) < 4.78 is 4.96. The molecule has 2 heterocycles. The third kappa shape index (κ3) is 5.32. The molecule has 0 aliphatic carbocycles. The Kier molecular flexibility index (Phi) is 8.81. The standard InChI is InChI=1S/C18H28N4O3.ClH/c1-4-13(3)16(19)17(23)22-10-8-21(9-11-22)15-7-6-14(12-20-15)18(24)25-5-2;/h6-7,12-13,16H,4-5,8-11,19H2,1-3H3;1H. The Labute approximate surface area is 161 Å². The van der Waals surface area contributed by atoms with E-state index >= 15 is 0 Å². The van der Waals surface area contributed by atoms with Gasteiger partial charge in [0.1, 0.15) is 5.82 Å². The molecule has 0 spiro atoms. The van der Waals surface area contributed by atoms with Crippen LogP contribution in [0.5, 0.6) is 0 Å². The van der Waals surface area contributed by atoms with Crippen LogP contribution in [0.15, 0.2) is 18.3 Å². The number of amides is 1. The number of halogens is 1. The van der Waals surface area contributed by atoms with Gasteiger partial charge in [-0.15, -0.1) is 12.4 Å². The van der Waals surface area contributed by atoms with Crippen molar-refractivity contribution in [3.63, 3.8) is 0 Å². The van der Waals surface area contributed by atoms with Crippen LogP contribution in [-0.2, 0) is 9.53 Å². The average Bonchev–Trinajstić information content (AvgIpc) is 2.66. The van der Waals surface area contributed by atoms with Crippen molar-refractivity contribution >= 4 is 30.1 Å². The Bertz CT molecular complexity index is 589. The summed E-state index contributed by atoms with van der Waals surface area (Å²) in [5.41, 5.74) is 6.50. The predicted molar refractivity (Wildman–Crippen MR) is 104 cm³/mol. The molecule has 1 aromatic heterocycles. The number of aromatic nitrogens is 1. The summed E-state index contributed by atoms with van der Waals surface area (Å²) in [4.78, 5) is 32.4. The van der Waals surface area contributed by atoms with Gasteiger partial charge in [-0.1, -0.05) is 20.3 Å². The van der Waals surface area contributed by atoms with Gasteiger partial charge in [0.05, 0.1) is 18.2 Å². The summed E-state index contributed by atoms with van der Waals surface area (Å²) in [5.74, 6) is 0.643. The van der Waals surface area contributed by atoms with Crippen LogP contribution in [0.2, 0.25) is 0 Å². The molecule has 0 aromatic carbocycles. The molecular formula is C18H29ClN4O3. The van der Waals surface area contributed by atoms with Gasteiger partial charge in [0.25, 0.3) is 0 Å². The van der Waals surface area contributed by atoms with Gasteiger partial charge in [0, 0.05) is 32.4 Å². The number of carbonyl (C=O) groups excluding carboxylic acids is 2. The lowest BCUT2D eigenvalue weighted by Gasteiger charge is -2.37. The first-order chi connectivity index (χ1) is 12.0. The highest BCUT2D eigenvalue weighted by molar-refractivity contribution is 5.89. The van der Waals surface area contributed by atoms with Crippen LogP contribution >= 0.6 is 12.4 Å². The minimum Gasteiger partial charge on any atom is -0.462 e. The van der Waals surface area contributed by atoms with Crippen molar-refractivity contribution in [3.8, 4) is 0 Å². The highest BCUT2D eigenvalue weighted by atomic mass is 35.5. The summed E-state index contributed by atoms with van der Waals surface area (Å²) in [6.07, 6.45) is 2.42. The van der Waals surface area contributed by atoms with E-state index in [1.807, 2.05) is 24.8 Å². The highest BCUT2D eigenvalue weighted by Gasteiger charge is 2.28. The van der Waals surface area contributed by atoms with Crippen LogP contribution in [0, 0.1) is 5.92 Å². The number of rotatable bonds is 6. The Morgan fingerprint density at radius 3 is 2.38 bits per heavy atom. The second kappa shape index (κ2) is 10.3. The van der Waals surface area contributed by atoms with Crippen molar-refractivity contribution < 1.29 is 14.3 Å². The molecule has 2 unspecified atom stereocenters. The minimum atomic E-state index is -0.432. The highest BCUT2D eigenvalue weighted by Crippen LogP contribution is 2.16. The molecule has 1 amide bonds. The van der Waals surface area contributed by atoms with E-state index < -0.39 is 6.04 Å². The van der Waals surface area contributed by atoms with E-state index in [9.17, 15) is 9.59 Å². The lowest BCUT2D eigenvalue weighted by Crippen LogP contribution is -2.54. The van der Waals surface area contributed by atoms with Crippen LogP contribution in [-0.4, -0.2) is 60.6 Å². The van der Waals surface area contributed by atoms with Crippen molar-refractivity contribution in [2.75, 3.05) is 37.7 Å². The number of ether oxygens (including phenoxy) is 1. The monoisotopic (exact) mass is 384 g/mol. The Morgan fingerprint density at radius 1 is 1.23 bits per heavy atom. The first-order valence-electron chi connectivity index (χ1n) is 8.90. The molecule has 146 valence electrons. The van der Waals surface area contributed by atoms with E-state index in [2.05, 4.69) is 9.88 Å². The lowest BCUT2D eigenvalue weighted by atomic mass is 9.98. The van der Waals surface area contributed by atoms with Crippen molar-refractivity contribution in [2.24, 2.45) is 11.7 Å². The zero-order valence-corrected chi connectivity index (χ0v) is 16.5. The maximum atomic E-state index is 12.4. The van der Waals surface area contributed by atoms with Crippen molar-refractivity contribution in [2.45, 2.75) is 33.2 Å². The van der Waals surface area contributed by atoms with E-state index in [1.54, 1.807) is 13.0 Å². The Morgan fingerprint density at radius 2 is 1.88 bits per heavy atom. The Hall–Kier alpha value is -1.86. The number of hydrogen-bond acceptors (Lipinski definition) is 6. The molecule has 0 saturated carbocycles. The second-order valence-corrected chi connectivity index (χ2v) is 6.35. The fourth-order valence-corrected chi connectivity index (χ4v) is 2.77. The third-order valence-electron chi connectivity index (χ3n) is 4.72. The SMILES string of the molecule is CCOC(=O)c1ccc(N2CCN(C(=O)C(N)C(C)CC)CC2)nc1.Cl. The molecule has 2 atom stereocenters. The van der Waals surface area contributed by atoms with Crippen molar-refractivity contribution in [3.05, 3.63) is 23.9 Å². The molecule has 0 radical (unpaired) electrons. The van der Waals surface area contributed by atoms with Gasteiger partial charge >= 0.3 is 5.97 Å². The van der Waals surface area contributed by atoms with Gasteiger partial charge in [-0.3, -0.25) is 4.79 Å². The summed E-state index contributed by atoms with van der Waals surface area (Å²) >= 11 is 0. The predicted octanol–water partition coefficient (Wildman–Crippen LogP) is 1.70. The number of anilines is 1. The Balaban J connectivity index is 0.00000338. The van der Waals surface area contributed by atoms with E-state index in [0.717, 1.165) is 12.2 Å². The van der Waals surface area contributed by atoms with Crippen LogP contribution < -0.4 is 10.6 Å². The second-order valence-electron chi connectivity index (χ2n) is 6.35. The summed E-state index contributed by atoms with van der Waals surface area (Å²) in [5, 5.41) is 0. The average molecular weight is 385 g/mol. The van der Waals surface area contributed by atoms with Gasteiger partial charge in [-0.2, -0.15) is 0 Å². The summed E-state index contributed by atoms with van der Waals surface area (Å²) in [6, 6.07) is 3.10. The molecule has 7 nitrogen and oxygen atoms in total. The molecule has 1 aliphatic rings. The normalized spacial score (nSPS) is 16.5. The van der Waals surface area contributed by atoms with E-state index in [1.165, 1.54) is 6.20 Å². The van der Waals surface area contributed by atoms with E-state index in [4.69, 9.17) is 10.5 Å². The minimum absolute atomic E-state index is 0. The molecule has 26 heavy (non-hydrogen) atoms. The first-order valence-corrected chi connectivity index (χ1v) is 8.90. The summed E-state index contributed by atoms with van der Waals surface area (Å²) in [7, 11) is 0. The molecule has 1 saturated heterocycles. The molecular weight excluding hydrogens is 356 g/mol. The largest absolute Gasteiger partial charge is 0.462 e. The van der Waals surface area contributed by atoms with E-state index in [0.29, 0.717) is 38.3 Å². The van der Waals surface area contributed by atoms with E-state index in [-0.39, 0.29) is 30.2 Å². The van der Waals surface area contributed by atoms with Crippen LogP contribution in [0.3, 0.4) is 0 Å². The van der Waals surface area contributed by atoms with Crippen molar-refractivity contribution in [1.82, 2.24) is 9.88 Å². The molecule has 1 aliphatic heterocycles. The van der Waals surface area contributed by atoms with Crippen LogP contribution in [0.4, 0.5) is 5.82 Å². The summed E-state index contributed by atoms with van der Waals surface area (Å²) in [6.45, 7) is 8.82. The lowest BCUT2D eigenvalue weighted by molar-refractivity contribution is -0.134. The van der Waals surface area contributed by atoms with Gasteiger partial charge in [0.15, 0.2) is 0 Å². The number of nitrogens with zero attached hydrogens (tertiary/aromatic N) is 3. The molecule has 2 rings (SSSR count). The fourth-order valence-electron chi connectivity index (χ4n) is 2.77. The molecule has 1 aromatic rings. The third-order valence-corrected chi connectivity index (χ3v) is 4.72. The molecule has 2 N–H and O–H groups in total. The number of carbonyl (C=O) groups is 2. The fraction of sp³-hybridized carbons (Fsp3) is 0.611.